The number of amidine groups is 1. The number of rotatable bonds is 7. The quantitative estimate of drug-likeness (QED) is 0.261. The van der Waals surface area contributed by atoms with Gasteiger partial charge in [-0.15, -0.1) is 0 Å². The van der Waals surface area contributed by atoms with Crippen molar-refractivity contribution in [1.29, 1.82) is 0 Å². The summed E-state index contributed by atoms with van der Waals surface area (Å²) in [6, 6.07) is 19.8. The minimum absolute atomic E-state index is 0.0745. The van der Waals surface area contributed by atoms with E-state index in [1.54, 1.807) is 40.9 Å². The van der Waals surface area contributed by atoms with Crippen LogP contribution in [-0.4, -0.2) is 46.4 Å². The molecule has 1 saturated heterocycles. The molecule has 0 atom stereocenters. The van der Waals surface area contributed by atoms with E-state index in [0.717, 1.165) is 26.9 Å². The van der Waals surface area contributed by atoms with Crippen molar-refractivity contribution in [2.24, 2.45) is 4.99 Å². The normalized spacial score (nSPS) is 17.6. The molecule has 10 heteroatoms. The van der Waals surface area contributed by atoms with Gasteiger partial charge in [0, 0.05) is 24.1 Å². The van der Waals surface area contributed by atoms with Crippen molar-refractivity contribution in [2.75, 3.05) is 23.8 Å². The number of thioether (sulfide) groups is 2. The molecule has 1 amide bonds. The fourth-order valence-electron chi connectivity index (χ4n) is 4.28. The van der Waals surface area contributed by atoms with E-state index in [9.17, 15) is 19.5 Å². The number of carboxylic acids is 1. The van der Waals surface area contributed by atoms with Crippen molar-refractivity contribution < 1.29 is 19.5 Å². The first kappa shape index (κ1) is 26.6. The Labute approximate surface area is 234 Å². The van der Waals surface area contributed by atoms with Gasteiger partial charge in [0.2, 0.25) is 0 Å². The number of ketones is 1. The van der Waals surface area contributed by atoms with E-state index < -0.39 is 5.97 Å². The highest BCUT2D eigenvalue weighted by molar-refractivity contribution is 8.19. The van der Waals surface area contributed by atoms with Crippen LogP contribution in [0.1, 0.15) is 40.1 Å². The summed E-state index contributed by atoms with van der Waals surface area (Å²) in [6.45, 7) is 4.36. The van der Waals surface area contributed by atoms with Crippen molar-refractivity contribution in [1.82, 2.24) is 4.90 Å². The van der Waals surface area contributed by atoms with Gasteiger partial charge in [-0.2, -0.15) is 0 Å². The number of amides is 1. The lowest BCUT2D eigenvalue weighted by Gasteiger charge is -2.17. The molecule has 2 heterocycles. The number of benzene rings is 3. The fraction of sp³-hybridized carbons (Fsp3) is 0.172. The fourth-order valence-corrected chi connectivity index (χ4v) is 6.62. The van der Waals surface area contributed by atoms with E-state index in [4.69, 9.17) is 4.99 Å². The lowest BCUT2D eigenvalue weighted by molar-refractivity contribution is -0.122. The van der Waals surface area contributed by atoms with Crippen LogP contribution >= 0.6 is 23.5 Å². The zero-order valence-corrected chi connectivity index (χ0v) is 23.2. The number of Topliss-reactive ketones (excluding diaryl/α,β-unsaturated/α-hetero) is 1. The lowest BCUT2D eigenvalue weighted by Crippen LogP contribution is -2.29. The number of hydrogen-bond donors (Lipinski definition) is 2. The summed E-state index contributed by atoms with van der Waals surface area (Å²) in [4.78, 5) is 47.5. The van der Waals surface area contributed by atoms with E-state index in [1.807, 2.05) is 49.2 Å². The number of hydrogen-bond acceptors (Lipinski definition) is 8. The lowest BCUT2D eigenvalue weighted by atomic mass is 10.1. The molecule has 2 aliphatic rings. The average Bonchev–Trinajstić information content (AvgIpc) is 3.41. The summed E-state index contributed by atoms with van der Waals surface area (Å²) in [6.07, 6.45) is 0. The molecule has 5 rings (SSSR count). The molecule has 0 unspecified atom stereocenters. The third kappa shape index (κ3) is 5.30. The van der Waals surface area contributed by atoms with Crippen molar-refractivity contribution in [3.8, 4) is 0 Å². The molecule has 0 saturated carbocycles. The molecule has 39 heavy (non-hydrogen) atoms. The standard InChI is InChI=1S/C29H26N4O4S2/c1-4-30-21-14-13-20(17(2)34)15-22(21)31-29-33(16-18-9-11-19(12-10-18)28(36)37)26(35)25(39-29)27-32(3)23-7-5-6-8-24(23)38-27/h5-15,30H,4,16H2,1-3H3,(H,36,37)/b27-25-,31-29?. The van der Waals surface area contributed by atoms with E-state index in [2.05, 4.69) is 5.32 Å². The molecule has 198 valence electrons. The van der Waals surface area contributed by atoms with Gasteiger partial charge in [0.25, 0.3) is 5.91 Å². The Morgan fingerprint density at radius 2 is 1.72 bits per heavy atom. The molecule has 2 N–H and O–H groups in total. The minimum Gasteiger partial charge on any atom is -0.478 e. The monoisotopic (exact) mass is 558 g/mol. The Bertz CT molecular complexity index is 1550. The second-order valence-corrected chi connectivity index (χ2v) is 11.0. The number of carbonyl (C=O) groups is 3. The maximum Gasteiger partial charge on any atom is 0.335 e. The van der Waals surface area contributed by atoms with Crippen molar-refractivity contribution in [2.45, 2.75) is 25.3 Å². The number of nitrogens with one attached hydrogen (secondary N) is 1. The summed E-state index contributed by atoms with van der Waals surface area (Å²) in [7, 11) is 1.94. The van der Waals surface area contributed by atoms with Gasteiger partial charge < -0.3 is 15.3 Å². The third-order valence-corrected chi connectivity index (χ3v) is 8.76. The summed E-state index contributed by atoms with van der Waals surface area (Å²) in [5, 5.41) is 13.9. The Kier molecular flexibility index (Phi) is 7.49. The number of aromatic carboxylic acids is 1. The number of nitrogens with zero attached hydrogens (tertiary/aromatic N) is 3. The molecule has 3 aromatic carbocycles. The van der Waals surface area contributed by atoms with E-state index in [0.29, 0.717) is 27.9 Å². The zero-order chi connectivity index (χ0) is 27.7. The summed E-state index contributed by atoms with van der Waals surface area (Å²) in [5.41, 5.74) is 3.83. The summed E-state index contributed by atoms with van der Waals surface area (Å²) >= 11 is 2.84. The number of para-hydroxylation sites is 1. The maximum absolute atomic E-state index is 13.9. The minimum atomic E-state index is -1.01. The number of anilines is 2. The van der Waals surface area contributed by atoms with Crippen LogP contribution in [0.2, 0.25) is 0 Å². The molecule has 2 aliphatic heterocycles. The molecule has 0 aliphatic carbocycles. The number of carbonyl (C=O) groups excluding carboxylic acids is 2. The zero-order valence-electron chi connectivity index (χ0n) is 21.6. The predicted octanol–water partition coefficient (Wildman–Crippen LogP) is 6.19. The number of carboxylic acid groups (broad SMARTS) is 1. The topological polar surface area (TPSA) is 102 Å². The van der Waals surface area contributed by atoms with Gasteiger partial charge >= 0.3 is 5.97 Å². The Balaban J connectivity index is 1.59. The Morgan fingerprint density at radius 1 is 1.00 bits per heavy atom. The van der Waals surface area contributed by atoms with Crippen molar-refractivity contribution in [3.63, 3.8) is 0 Å². The number of aliphatic imine (C=N–C) groups is 1. The van der Waals surface area contributed by atoms with Crippen molar-refractivity contribution >= 4 is 63.4 Å². The molecule has 0 aromatic heterocycles. The van der Waals surface area contributed by atoms with Crippen LogP contribution in [0.3, 0.4) is 0 Å². The van der Waals surface area contributed by atoms with Gasteiger partial charge in [-0.05, 0) is 73.6 Å². The van der Waals surface area contributed by atoms with Crippen LogP contribution in [0.5, 0.6) is 0 Å². The van der Waals surface area contributed by atoms with Crippen LogP contribution < -0.4 is 10.2 Å². The second-order valence-electron chi connectivity index (χ2n) is 8.97. The predicted molar refractivity (Wildman–Crippen MR) is 157 cm³/mol. The van der Waals surface area contributed by atoms with Gasteiger partial charge in [-0.25, -0.2) is 9.79 Å². The Hall–Kier alpha value is -4.02. The summed E-state index contributed by atoms with van der Waals surface area (Å²) < 4.78 is 0. The van der Waals surface area contributed by atoms with Crippen LogP contribution in [0.15, 0.2) is 86.6 Å². The highest BCUT2D eigenvalue weighted by Crippen LogP contribution is 2.50. The first-order chi connectivity index (χ1) is 18.8. The van der Waals surface area contributed by atoms with Gasteiger partial charge in [-0.1, -0.05) is 36.0 Å². The van der Waals surface area contributed by atoms with E-state index in [-0.39, 0.29) is 23.8 Å². The van der Waals surface area contributed by atoms with Crippen LogP contribution in [0, 0.1) is 0 Å². The van der Waals surface area contributed by atoms with Crippen LogP contribution in [0.4, 0.5) is 17.1 Å². The SMILES string of the molecule is CCNc1ccc(C(C)=O)cc1N=C1S/C(=C2\Sc3ccccc3N2C)C(=O)N1Cc1ccc(C(=O)O)cc1. The smallest absolute Gasteiger partial charge is 0.335 e. The average molecular weight is 559 g/mol. The second kappa shape index (κ2) is 11.0. The molecular weight excluding hydrogens is 532 g/mol. The molecule has 0 bridgehead atoms. The molecule has 0 radical (unpaired) electrons. The maximum atomic E-state index is 13.9. The van der Waals surface area contributed by atoms with Gasteiger partial charge in [0.05, 0.1) is 34.2 Å². The highest BCUT2D eigenvalue weighted by atomic mass is 32.2. The number of fused-ring (bicyclic) bond motifs is 1. The highest BCUT2D eigenvalue weighted by Gasteiger charge is 2.39. The van der Waals surface area contributed by atoms with Crippen LogP contribution in [0.25, 0.3) is 0 Å². The largest absolute Gasteiger partial charge is 0.478 e. The first-order valence-electron chi connectivity index (χ1n) is 12.3. The van der Waals surface area contributed by atoms with Gasteiger partial charge in [-0.3, -0.25) is 14.5 Å². The molecular formula is C29H26N4O4S2. The summed E-state index contributed by atoms with van der Waals surface area (Å²) in [5.74, 6) is -1.27. The van der Waals surface area contributed by atoms with Crippen LogP contribution in [-0.2, 0) is 11.3 Å². The third-order valence-electron chi connectivity index (χ3n) is 6.32. The molecule has 1 fully saturated rings. The van der Waals surface area contributed by atoms with Crippen molar-refractivity contribution in [3.05, 3.63) is 93.4 Å². The molecule has 0 spiro atoms. The Morgan fingerprint density at radius 3 is 2.38 bits per heavy atom. The van der Waals surface area contributed by atoms with Gasteiger partial charge in [0.15, 0.2) is 11.0 Å². The first-order valence-corrected chi connectivity index (χ1v) is 13.9. The molecule has 8 nitrogen and oxygen atoms in total. The van der Waals surface area contributed by atoms with E-state index in [1.165, 1.54) is 30.8 Å². The van der Waals surface area contributed by atoms with E-state index >= 15 is 0 Å². The van der Waals surface area contributed by atoms with Gasteiger partial charge in [0.1, 0.15) is 4.91 Å². The molecule has 3 aromatic rings.